The third-order valence-electron chi connectivity index (χ3n) is 5.41. The molecule has 0 heterocycles. The van der Waals surface area contributed by atoms with Crippen molar-refractivity contribution in [2.45, 2.75) is 52.5 Å². The highest BCUT2D eigenvalue weighted by Crippen LogP contribution is 2.43. The monoisotopic (exact) mass is 388 g/mol. The summed E-state index contributed by atoms with van der Waals surface area (Å²) in [5.74, 6) is 2.22. The first-order valence-electron chi connectivity index (χ1n) is 9.71. The summed E-state index contributed by atoms with van der Waals surface area (Å²) in [6.07, 6.45) is 3.72. The second kappa shape index (κ2) is 9.18. The Kier molecular flexibility index (Phi) is 7.17. The van der Waals surface area contributed by atoms with Gasteiger partial charge < -0.3 is 19.5 Å². The van der Waals surface area contributed by atoms with Crippen molar-refractivity contribution in [2.75, 3.05) is 21.3 Å². The fraction of sp³-hybridized carbons (Fsp3) is 0.636. The molecule has 3 atom stereocenters. The Labute approximate surface area is 168 Å². The predicted molar refractivity (Wildman–Crippen MR) is 107 cm³/mol. The van der Waals surface area contributed by atoms with Crippen LogP contribution in [0.15, 0.2) is 12.1 Å². The zero-order chi connectivity index (χ0) is 20.9. The van der Waals surface area contributed by atoms with Crippen LogP contribution in [0.25, 0.3) is 0 Å². The molecule has 0 radical (unpaired) electrons. The average molecular weight is 389 g/mol. The smallest absolute Gasteiger partial charge is 0.221 e. The van der Waals surface area contributed by atoms with Gasteiger partial charge in [-0.25, -0.2) is 0 Å². The third kappa shape index (κ3) is 5.31. The largest absolute Gasteiger partial charge is 0.493 e. The van der Waals surface area contributed by atoms with E-state index >= 15 is 0 Å². The van der Waals surface area contributed by atoms with E-state index in [9.17, 15) is 10.1 Å². The maximum absolute atomic E-state index is 12.7. The molecule has 1 aliphatic rings. The van der Waals surface area contributed by atoms with E-state index in [1.165, 1.54) is 27.8 Å². The number of carbonyl (C=O) groups excluding carboxylic acids is 1. The number of nitriles is 1. The van der Waals surface area contributed by atoms with Crippen molar-refractivity contribution in [3.05, 3.63) is 17.7 Å². The van der Waals surface area contributed by atoms with Gasteiger partial charge in [-0.05, 0) is 54.2 Å². The Hall–Kier alpha value is -2.42. The highest BCUT2D eigenvalue weighted by molar-refractivity contribution is 5.77. The number of nitrogens with one attached hydrogen (secondary N) is 1. The van der Waals surface area contributed by atoms with Gasteiger partial charge in [0.1, 0.15) is 6.04 Å². The molecule has 6 nitrogen and oxygen atoms in total. The van der Waals surface area contributed by atoms with Crippen LogP contribution in [0.1, 0.15) is 58.1 Å². The molecule has 3 unspecified atom stereocenters. The van der Waals surface area contributed by atoms with Crippen molar-refractivity contribution in [2.24, 2.45) is 17.3 Å². The molecule has 1 aromatic rings. The van der Waals surface area contributed by atoms with Gasteiger partial charge in [0.15, 0.2) is 11.5 Å². The molecule has 28 heavy (non-hydrogen) atoms. The van der Waals surface area contributed by atoms with Crippen LogP contribution in [0.2, 0.25) is 0 Å². The van der Waals surface area contributed by atoms with Crippen LogP contribution in [0.3, 0.4) is 0 Å². The van der Waals surface area contributed by atoms with Gasteiger partial charge in [0.25, 0.3) is 0 Å². The van der Waals surface area contributed by atoms with Crippen molar-refractivity contribution < 1.29 is 19.0 Å². The average Bonchev–Trinajstić information content (AvgIpc) is 2.62. The van der Waals surface area contributed by atoms with Gasteiger partial charge in [0, 0.05) is 6.42 Å². The molecule has 1 aliphatic carbocycles. The van der Waals surface area contributed by atoms with Crippen molar-refractivity contribution in [3.8, 4) is 23.3 Å². The summed E-state index contributed by atoms with van der Waals surface area (Å²) < 4.78 is 16.0. The first-order chi connectivity index (χ1) is 13.2. The molecule has 1 N–H and O–H groups in total. The van der Waals surface area contributed by atoms with Crippen LogP contribution < -0.4 is 19.5 Å². The summed E-state index contributed by atoms with van der Waals surface area (Å²) in [4.78, 5) is 12.7. The number of amides is 1. The van der Waals surface area contributed by atoms with Gasteiger partial charge in [0.2, 0.25) is 11.7 Å². The van der Waals surface area contributed by atoms with Crippen molar-refractivity contribution in [1.29, 1.82) is 5.26 Å². The fourth-order valence-corrected chi connectivity index (χ4v) is 4.64. The number of benzene rings is 1. The van der Waals surface area contributed by atoms with E-state index in [-0.39, 0.29) is 11.3 Å². The van der Waals surface area contributed by atoms with E-state index in [2.05, 4.69) is 32.2 Å². The van der Waals surface area contributed by atoms with E-state index in [1.807, 2.05) is 0 Å². The number of nitrogens with zero attached hydrogens (tertiary/aromatic N) is 1. The summed E-state index contributed by atoms with van der Waals surface area (Å²) in [5, 5.41) is 12.5. The van der Waals surface area contributed by atoms with Crippen molar-refractivity contribution in [1.82, 2.24) is 5.32 Å². The Balaban J connectivity index is 2.14. The Morgan fingerprint density at radius 3 is 2.29 bits per heavy atom. The summed E-state index contributed by atoms with van der Waals surface area (Å²) in [6, 6.07) is 4.78. The van der Waals surface area contributed by atoms with E-state index in [4.69, 9.17) is 14.2 Å². The van der Waals surface area contributed by atoms with Gasteiger partial charge in [-0.3, -0.25) is 4.79 Å². The summed E-state index contributed by atoms with van der Waals surface area (Å²) >= 11 is 0. The van der Waals surface area contributed by atoms with Crippen LogP contribution in [0, 0.1) is 28.6 Å². The Bertz CT molecular complexity index is 714. The highest BCUT2D eigenvalue weighted by atomic mass is 16.5. The minimum absolute atomic E-state index is 0.102. The van der Waals surface area contributed by atoms with Gasteiger partial charge in [-0.2, -0.15) is 5.26 Å². The molecule has 6 heteroatoms. The molecule has 1 aromatic carbocycles. The minimum Gasteiger partial charge on any atom is -0.493 e. The number of carbonyl (C=O) groups is 1. The van der Waals surface area contributed by atoms with Crippen LogP contribution in [0.5, 0.6) is 17.2 Å². The maximum atomic E-state index is 12.7. The molecule has 154 valence electrons. The SMILES string of the molecule is COc1cc(C(C#N)NC(=O)CC2CC(C)CC(C)(C)C2)cc(OC)c1OC. The lowest BCUT2D eigenvalue weighted by Crippen LogP contribution is -2.33. The topological polar surface area (TPSA) is 80.6 Å². The second-order valence-electron chi connectivity index (χ2n) is 8.57. The minimum atomic E-state index is -0.782. The Morgan fingerprint density at radius 2 is 1.82 bits per heavy atom. The quantitative estimate of drug-likeness (QED) is 0.755. The lowest BCUT2D eigenvalue weighted by molar-refractivity contribution is -0.123. The van der Waals surface area contributed by atoms with E-state index < -0.39 is 6.04 Å². The van der Waals surface area contributed by atoms with Crippen molar-refractivity contribution in [3.63, 3.8) is 0 Å². The zero-order valence-corrected chi connectivity index (χ0v) is 17.8. The van der Waals surface area contributed by atoms with Crippen LogP contribution >= 0.6 is 0 Å². The lowest BCUT2D eigenvalue weighted by Gasteiger charge is -2.38. The molecular formula is C22H32N2O4. The number of methoxy groups -OCH3 is 3. The van der Waals surface area contributed by atoms with Gasteiger partial charge >= 0.3 is 0 Å². The molecule has 0 aromatic heterocycles. The predicted octanol–water partition coefficient (Wildman–Crippen LogP) is 4.25. The molecule has 1 fully saturated rings. The van der Waals surface area contributed by atoms with Crippen molar-refractivity contribution >= 4 is 5.91 Å². The first-order valence-corrected chi connectivity index (χ1v) is 9.71. The lowest BCUT2D eigenvalue weighted by atomic mass is 9.67. The molecule has 1 amide bonds. The number of hydrogen-bond donors (Lipinski definition) is 1. The number of rotatable bonds is 7. The zero-order valence-electron chi connectivity index (χ0n) is 17.8. The van der Waals surface area contributed by atoms with E-state index in [1.54, 1.807) is 12.1 Å². The number of ether oxygens (including phenoxy) is 3. The molecule has 1 saturated carbocycles. The van der Waals surface area contributed by atoms with Gasteiger partial charge in [0.05, 0.1) is 27.4 Å². The Morgan fingerprint density at radius 1 is 1.21 bits per heavy atom. The van der Waals surface area contributed by atoms with Crippen LogP contribution in [-0.4, -0.2) is 27.2 Å². The number of hydrogen-bond acceptors (Lipinski definition) is 5. The van der Waals surface area contributed by atoms with Gasteiger partial charge in [-0.1, -0.05) is 20.8 Å². The van der Waals surface area contributed by atoms with Crippen LogP contribution in [0.4, 0.5) is 0 Å². The molecule has 0 aliphatic heterocycles. The summed E-state index contributed by atoms with van der Waals surface area (Å²) in [5.41, 5.74) is 0.858. The van der Waals surface area contributed by atoms with E-state index in [0.29, 0.717) is 41.1 Å². The summed E-state index contributed by atoms with van der Waals surface area (Å²) in [7, 11) is 4.57. The molecule has 0 saturated heterocycles. The standard InChI is InChI=1S/C22H32N2O4/c1-14-7-15(12-22(2,3)11-14)8-20(25)24-17(13-23)16-9-18(26-4)21(28-6)19(10-16)27-5/h9-10,14-15,17H,7-8,11-12H2,1-6H3,(H,24,25). The molecule has 0 spiro atoms. The second-order valence-corrected chi connectivity index (χ2v) is 8.57. The molecule has 0 bridgehead atoms. The van der Waals surface area contributed by atoms with Gasteiger partial charge in [-0.15, -0.1) is 0 Å². The highest BCUT2D eigenvalue weighted by Gasteiger charge is 2.33. The summed E-state index contributed by atoms with van der Waals surface area (Å²) in [6.45, 7) is 6.78. The maximum Gasteiger partial charge on any atom is 0.221 e. The normalized spacial score (nSPS) is 21.9. The molecule has 2 rings (SSSR count). The third-order valence-corrected chi connectivity index (χ3v) is 5.41. The molecular weight excluding hydrogens is 356 g/mol. The van der Waals surface area contributed by atoms with E-state index in [0.717, 1.165) is 12.8 Å². The first kappa shape index (κ1) is 21.9. The fourth-order valence-electron chi connectivity index (χ4n) is 4.64. The van der Waals surface area contributed by atoms with Crippen LogP contribution in [-0.2, 0) is 4.79 Å².